The van der Waals surface area contributed by atoms with E-state index in [9.17, 15) is 4.79 Å². The highest BCUT2D eigenvalue weighted by Gasteiger charge is 2.25. The van der Waals surface area contributed by atoms with E-state index in [-0.39, 0.29) is 11.9 Å². The predicted molar refractivity (Wildman–Crippen MR) is 101 cm³/mol. The Morgan fingerprint density at radius 2 is 1.96 bits per heavy atom. The van der Waals surface area contributed by atoms with Gasteiger partial charge in [0.05, 0.1) is 5.69 Å². The van der Waals surface area contributed by atoms with Crippen molar-refractivity contribution < 1.29 is 4.79 Å². The molecule has 1 amide bonds. The molecule has 4 rings (SSSR count). The summed E-state index contributed by atoms with van der Waals surface area (Å²) in [5, 5.41) is 19.1. The molecule has 1 N–H and O–H groups in total. The monoisotopic (exact) mass is 368 g/mol. The van der Waals surface area contributed by atoms with E-state index in [1.54, 1.807) is 4.68 Å². The van der Waals surface area contributed by atoms with Gasteiger partial charge in [-0.15, -0.1) is 0 Å². The number of tetrazole rings is 1. The van der Waals surface area contributed by atoms with Crippen LogP contribution in [0.2, 0.25) is 0 Å². The summed E-state index contributed by atoms with van der Waals surface area (Å²) in [5.41, 5.74) is 2.88. The van der Waals surface area contributed by atoms with Crippen LogP contribution in [-0.4, -0.2) is 45.2 Å². The molecule has 0 spiro atoms. The van der Waals surface area contributed by atoms with Gasteiger partial charge >= 0.3 is 0 Å². The van der Waals surface area contributed by atoms with Gasteiger partial charge in [0.1, 0.15) is 0 Å². The van der Waals surface area contributed by atoms with Crippen molar-refractivity contribution in [2.24, 2.45) is 0 Å². The maximum Gasteiger partial charge on any atom is 0.252 e. The number of carbonyl (C=O) groups excluding carboxylic acids is 1. The molecule has 0 radical (unpaired) electrons. The molecular formula is C18H20N6OS. The van der Waals surface area contributed by atoms with Crippen molar-refractivity contribution in [1.82, 2.24) is 25.5 Å². The van der Waals surface area contributed by atoms with Crippen LogP contribution in [0.15, 0.2) is 41.1 Å². The van der Waals surface area contributed by atoms with Crippen LogP contribution < -0.4 is 10.2 Å². The van der Waals surface area contributed by atoms with Crippen LogP contribution in [0.25, 0.3) is 5.69 Å². The van der Waals surface area contributed by atoms with Crippen molar-refractivity contribution in [3.05, 3.63) is 52.2 Å². The first-order valence-corrected chi connectivity index (χ1v) is 9.58. The predicted octanol–water partition coefficient (Wildman–Crippen LogP) is 2.43. The number of aromatic nitrogens is 4. The Hall–Kier alpha value is -2.74. The highest BCUT2D eigenvalue weighted by atomic mass is 32.1. The fraction of sp³-hybridized carbons (Fsp3) is 0.333. The number of thiophene rings is 1. The number of aryl methyl sites for hydroxylation is 1. The lowest BCUT2D eigenvalue weighted by Crippen LogP contribution is -2.45. The summed E-state index contributed by atoms with van der Waals surface area (Å²) in [7, 11) is 0. The quantitative estimate of drug-likeness (QED) is 0.765. The van der Waals surface area contributed by atoms with E-state index in [2.05, 4.69) is 32.7 Å². The fourth-order valence-electron chi connectivity index (χ4n) is 3.12. The average Bonchev–Trinajstić information content (AvgIpc) is 3.35. The first-order valence-electron chi connectivity index (χ1n) is 8.64. The van der Waals surface area contributed by atoms with Crippen LogP contribution in [0.5, 0.6) is 0 Å². The molecule has 0 aliphatic carbocycles. The van der Waals surface area contributed by atoms with Crippen LogP contribution in [0, 0.1) is 6.92 Å². The summed E-state index contributed by atoms with van der Waals surface area (Å²) in [5.74, 6) is 0.755. The van der Waals surface area contributed by atoms with Gasteiger partial charge < -0.3 is 10.2 Å². The second kappa shape index (κ2) is 7.25. The van der Waals surface area contributed by atoms with Crippen molar-refractivity contribution in [3.63, 3.8) is 0 Å². The van der Waals surface area contributed by atoms with E-state index in [4.69, 9.17) is 0 Å². The lowest BCUT2D eigenvalue weighted by Gasteiger charge is -2.32. The number of amides is 1. The van der Waals surface area contributed by atoms with Crippen molar-refractivity contribution in [2.75, 3.05) is 18.0 Å². The Morgan fingerprint density at radius 3 is 2.65 bits per heavy atom. The minimum absolute atomic E-state index is 0.00851. The standard InChI is InChI=1S/C18H20N6OS/c1-13-2-4-16(5-3-13)24-18(20-21-22-24)23-9-6-15(7-10-23)19-17(25)14-8-11-26-12-14/h2-5,8,11-12,15H,6-7,9-10H2,1H3,(H,19,25). The van der Waals surface area contributed by atoms with E-state index < -0.39 is 0 Å². The van der Waals surface area contributed by atoms with Crippen molar-refractivity contribution in [3.8, 4) is 5.69 Å². The molecule has 1 aliphatic heterocycles. The summed E-state index contributed by atoms with van der Waals surface area (Å²) in [6.45, 7) is 3.67. The Morgan fingerprint density at radius 1 is 1.19 bits per heavy atom. The normalized spacial score (nSPS) is 15.2. The summed E-state index contributed by atoms with van der Waals surface area (Å²) in [4.78, 5) is 14.4. The van der Waals surface area contributed by atoms with Crippen molar-refractivity contribution >= 4 is 23.2 Å². The summed E-state index contributed by atoms with van der Waals surface area (Å²) in [6, 6.07) is 10.2. The lowest BCUT2D eigenvalue weighted by molar-refractivity contribution is 0.0931. The van der Waals surface area contributed by atoms with E-state index in [1.807, 2.05) is 41.1 Å². The third-order valence-corrected chi connectivity index (χ3v) is 5.31. The molecule has 3 aromatic rings. The third kappa shape index (κ3) is 3.45. The number of nitrogens with zero attached hydrogens (tertiary/aromatic N) is 5. The number of piperidine rings is 1. The SMILES string of the molecule is Cc1ccc(-n2nnnc2N2CCC(NC(=O)c3ccsc3)CC2)cc1. The molecule has 26 heavy (non-hydrogen) atoms. The molecule has 3 heterocycles. The molecular weight excluding hydrogens is 348 g/mol. The van der Waals surface area contributed by atoms with Gasteiger partial charge in [-0.2, -0.15) is 16.0 Å². The topological polar surface area (TPSA) is 75.9 Å². The molecule has 7 nitrogen and oxygen atoms in total. The van der Waals surface area contributed by atoms with Crippen molar-refractivity contribution in [2.45, 2.75) is 25.8 Å². The Bertz CT molecular complexity index is 865. The Labute approximate surface area is 155 Å². The van der Waals surface area contributed by atoms with Gasteiger partial charge in [-0.25, -0.2) is 0 Å². The molecule has 2 aromatic heterocycles. The van der Waals surface area contributed by atoms with Crippen molar-refractivity contribution in [1.29, 1.82) is 0 Å². The zero-order valence-corrected chi connectivity index (χ0v) is 15.3. The van der Waals surface area contributed by atoms with E-state index in [0.717, 1.165) is 43.1 Å². The molecule has 1 saturated heterocycles. The summed E-state index contributed by atoms with van der Waals surface area (Å²) >= 11 is 1.53. The van der Waals surface area contributed by atoms with Gasteiger partial charge in [0, 0.05) is 30.1 Å². The van der Waals surface area contributed by atoms with Crippen LogP contribution in [-0.2, 0) is 0 Å². The zero-order chi connectivity index (χ0) is 17.9. The highest BCUT2D eigenvalue weighted by molar-refractivity contribution is 7.08. The second-order valence-corrected chi connectivity index (χ2v) is 7.25. The number of hydrogen-bond acceptors (Lipinski definition) is 6. The molecule has 8 heteroatoms. The number of benzene rings is 1. The highest BCUT2D eigenvalue weighted by Crippen LogP contribution is 2.20. The van der Waals surface area contributed by atoms with Gasteiger partial charge in [-0.3, -0.25) is 4.79 Å². The van der Waals surface area contributed by atoms with Gasteiger partial charge in [0.15, 0.2) is 0 Å². The zero-order valence-electron chi connectivity index (χ0n) is 14.5. The maximum atomic E-state index is 12.2. The average molecular weight is 368 g/mol. The number of nitrogens with one attached hydrogen (secondary N) is 1. The molecule has 0 saturated carbocycles. The molecule has 1 fully saturated rings. The van der Waals surface area contributed by atoms with Crippen LogP contribution in [0.3, 0.4) is 0 Å². The maximum absolute atomic E-state index is 12.2. The second-order valence-electron chi connectivity index (χ2n) is 6.47. The minimum atomic E-state index is 0.00851. The number of hydrogen-bond donors (Lipinski definition) is 1. The Balaban J connectivity index is 1.40. The number of anilines is 1. The number of carbonyl (C=O) groups is 1. The Kier molecular flexibility index (Phi) is 4.66. The molecule has 0 atom stereocenters. The third-order valence-electron chi connectivity index (χ3n) is 4.63. The van der Waals surface area contributed by atoms with Crippen LogP contribution in [0.4, 0.5) is 5.95 Å². The van der Waals surface area contributed by atoms with Gasteiger partial charge in [-0.1, -0.05) is 22.8 Å². The van der Waals surface area contributed by atoms with Crippen LogP contribution in [0.1, 0.15) is 28.8 Å². The van der Waals surface area contributed by atoms with Gasteiger partial charge in [0.25, 0.3) is 5.91 Å². The van der Waals surface area contributed by atoms with E-state index in [0.29, 0.717) is 0 Å². The lowest BCUT2D eigenvalue weighted by atomic mass is 10.0. The summed E-state index contributed by atoms with van der Waals surface area (Å²) < 4.78 is 1.77. The minimum Gasteiger partial charge on any atom is -0.349 e. The number of rotatable bonds is 4. The summed E-state index contributed by atoms with van der Waals surface area (Å²) in [6.07, 6.45) is 1.74. The van der Waals surface area contributed by atoms with Crippen LogP contribution >= 0.6 is 11.3 Å². The molecule has 0 bridgehead atoms. The first kappa shape index (κ1) is 16.7. The first-order chi connectivity index (χ1) is 12.7. The fourth-order valence-corrected chi connectivity index (χ4v) is 3.75. The van der Waals surface area contributed by atoms with E-state index in [1.165, 1.54) is 16.9 Å². The molecule has 1 aliphatic rings. The largest absolute Gasteiger partial charge is 0.349 e. The molecule has 0 unspecified atom stereocenters. The van der Waals surface area contributed by atoms with E-state index >= 15 is 0 Å². The molecule has 134 valence electrons. The van der Waals surface area contributed by atoms with Gasteiger partial charge in [-0.05, 0) is 53.8 Å². The van der Waals surface area contributed by atoms with Gasteiger partial charge in [0.2, 0.25) is 5.95 Å². The smallest absolute Gasteiger partial charge is 0.252 e. The molecule has 1 aromatic carbocycles.